The summed E-state index contributed by atoms with van der Waals surface area (Å²) in [6.07, 6.45) is 6.23. The fourth-order valence-corrected chi connectivity index (χ4v) is 3.92. The standard InChI is InChI=1S/C21H28ClN3O3/c22-18-6-4-5-17(13-18)7-8-20(27)25-12-11-24(21(28)16-25)15-19(26)14-23-9-2-1-3-10-23/h4-8,13,19,26H,1-3,9-12,14-16H2. The molecule has 2 heterocycles. The number of likely N-dealkylation sites (tertiary alicyclic amines) is 1. The monoisotopic (exact) mass is 405 g/mol. The van der Waals surface area contributed by atoms with Crippen molar-refractivity contribution >= 4 is 29.5 Å². The zero-order chi connectivity index (χ0) is 19.9. The van der Waals surface area contributed by atoms with Gasteiger partial charge in [-0.05, 0) is 49.7 Å². The van der Waals surface area contributed by atoms with E-state index in [4.69, 9.17) is 11.6 Å². The van der Waals surface area contributed by atoms with Crippen LogP contribution in [0.3, 0.4) is 0 Å². The third-order valence-corrected chi connectivity index (χ3v) is 5.48. The van der Waals surface area contributed by atoms with E-state index in [1.807, 2.05) is 12.1 Å². The van der Waals surface area contributed by atoms with Gasteiger partial charge in [0.15, 0.2) is 0 Å². The van der Waals surface area contributed by atoms with Gasteiger partial charge in [-0.1, -0.05) is 30.2 Å². The Morgan fingerprint density at radius 2 is 1.93 bits per heavy atom. The molecule has 0 aliphatic carbocycles. The first-order chi connectivity index (χ1) is 13.5. The molecule has 2 amide bonds. The molecule has 2 saturated heterocycles. The topological polar surface area (TPSA) is 64.1 Å². The number of amides is 2. The summed E-state index contributed by atoms with van der Waals surface area (Å²) in [6, 6.07) is 7.24. The zero-order valence-electron chi connectivity index (χ0n) is 16.1. The van der Waals surface area contributed by atoms with Gasteiger partial charge in [-0.2, -0.15) is 0 Å². The van der Waals surface area contributed by atoms with Crippen LogP contribution in [-0.4, -0.2) is 83.5 Å². The number of piperidine rings is 1. The van der Waals surface area contributed by atoms with Gasteiger partial charge >= 0.3 is 0 Å². The summed E-state index contributed by atoms with van der Waals surface area (Å²) >= 11 is 5.94. The Hall–Kier alpha value is -1.89. The molecule has 28 heavy (non-hydrogen) atoms. The third-order valence-electron chi connectivity index (χ3n) is 5.25. The molecule has 7 heteroatoms. The van der Waals surface area contributed by atoms with Crippen LogP contribution in [0.2, 0.25) is 5.02 Å². The van der Waals surface area contributed by atoms with Crippen LogP contribution in [0.1, 0.15) is 24.8 Å². The number of β-amino-alcohol motifs (C(OH)–C–C–N with tert-alkyl or cyclic N) is 1. The highest BCUT2D eigenvalue weighted by Gasteiger charge is 2.28. The largest absolute Gasteiger partial charge is 0.390 e. The minimum Gasteiger partial charge on any atom is -0.390 e. The maximum Gasteiger partial charge on any atom is 0.247 e. The summed E-state index contributed by atoms with van der Waals surface area (Å²) in [7, 11) is 0. The van der Waals surface area contributed by atoms with Crippen molar-refractivity contribution in [3.63, 3.8) is 0 Å². The second kappa shape index (κ2) is 10.0. The Balaban J connectivity index is 1.46. The molecule has 1 N–H and O–H groups in total. The molecule has 0 saturated carbocycles. The van der Waals surface area contributed by atoms with E-state index in [-0.39, 0.29) is 18.4 Å². The normalized spacial score (nSPS) is 20.0. The third kappa shape index (κ3) is 6.06. The van der Waals surface area contributed by atoms with Gasteiger partial charge in [0, 0.05) is 37.3 Å². The van der Waals surface area contributed by atoms with E-state index >= 15 is 0 Å². The number of benzene rings is 1. The first-order valence-corrected chi connectivity index (χ1v) is 10.3. The second-order valence-corrected chi connectivity index (χ2v) is 7.94. The highest BCUT2D eigenvalue weighted by molar-refractivity contribution is 6.30. The molecule has 2 fully saturated rings. The molecule has 0 bridgehead atoms. The minimum absolute atomic E-state index is 0.0507. The smallest absolute Gasteiger partial charge is 0.247 e. The molecule has 1 aromatic rings. The number of rotatable bonds is 6. The number of aliphatic hydroxyl groups excluding tert-OH is 1. The van der Waals surface area contributed by atoms with Crippen LogP contribution in [0.5, 0.6) is 0 Å². The number of carbonyl (C=O) groups excluding carboxylic acids is 2. The van der Waals surface area contributed by atoms with Gasteiger partial charge in [0.25, 0.3) is 0 Å². The first-order valence-electron chi connectivity index (χ1n) is 9.92. The van der Waals surface area contributed by atoms with Gasteiger partial charge in [-0.25, -0.2) is 0 Å². The molecule has 1 atom stereocenters. The summed E-state index contributed by atoms with van der Waals surface area (Å²) in [5, 5.41) is 11.0. The predicted octanol–water partition coefficient (Wildman–Crippen LogP) is 1.87. The molecule has 2 aliphatic rings. The van der Waals surface area contributed by atoms with Crippen LogP contribution < -0.4 is 0 Å². The van der Waals surface area contributed by atoms with Gasteiger partial charge in [-0.3, -0.25) is 9.59 Å². The molecule has 2 aliphatic heterocycles. The van der Waals surface area contributed by atoms with Crippen molar-refractivity contribution in [2.45, 2.75) is 25.4 Å². The summed E-state index contributed by atoms with van der Waals surface area (Å²) in [4.78, 5) is 30.3. The highest BCUT2D eigenvalue weighted by atomic mass is 35.5. The molecule has 0 aromatic heterocycles. The van der Waals surface area contributed by atoms with Crippen molar-refractivity contribution in [1.82, 2.24) is 14.7 Å². The number of carbonyl (C=O) groups is 2. The molecule has 3 rings (SSSR count). The lowest BCUT2D eigenvalue weighted by molar-refractivity contribution is -0.144. The van der Waals surface area contributed by atoms with E-state index in [1.165, 1.54) is 30.2 Å². The van der Waals surface area contributed by atoms with Gasteiger partial charge in [0.1, 0.15) is 6.54 Å². The van der Waals surface area contributed by atoms with E-state index < -0.39 is 6.10 Å². The SMILES string of the molecule is O=C(C=Cc1cccc(Cl)c1)N1CCN(CC(O)CN2CCCCC2)C(=O)C1. The van der Waals surface area contributed by atoms with Crippen LogP contribution in [-0.2, 0) is 9.59 Å². The summed E-state index contributed by atoms with van der Waals surface area (Å²) in [5.74, 6) is -0.310. The maximum absolute atomic E-state index is 12.4. The Bertz CT molecular complexity index is 719. The number of hydrogen-bond acceptors (Lipinski definition) is 4. The Morgan fingerprint density at radius 3 is 2.64 bits per heavy atom. The summed E-state index contributed by atoms with van der Waals surface area (Å²) in [5.41, 5.74) is 0.839. The molecular weight excluding hydrogens is 378 g/mol. The quantitative estimate of drug-likeness (QED) is 0.734. The summed E-state index contributed by atoms with van der Waals surface area (Å²) in [6.45, 7) is 3.95. The number of nitrogens with zero attached hydrogens (tertiary/aromatic N) is 3. The number of piperazine rings is 1. The average Bonchev–Trinajstić information content (AvgIpc) is 2.68. The van der Waals surface area contributed by atoms with Gasteiger partial charge in [0.2, 0.25) is 11.8 Å². The van der Waals surface area contributed by atoms with Gasteiger partial charge < -0.3 is 19.8 Å². The lowest BCUT2D eigenvalue weighted by atomic mass is 10.1. The Kier molecular flexibility index (Phi) is 7.48. The van der Waals surface area contributed by atoms with Crippen molar-refractivity contribution in [3.8, 4) is 0 Å². The van der Waals surface area contributed by atoms with E-state index in [0.29, 0.717) is 31.2 Å². The van der Waals surface area contributed by atoms with E-state index in [1.54, 1.807) is 23.1 Å². The van der Waals surface area contributed by atoms with Crippen LogP contribution >= 0.6 is 11.6 Å². The molecular formula is C21H28ClN3O3. The van der Waals surface area contributed by atoms with E-state index in [2.05, 4.69) is 4.90 Å². The second-order valence-electron chi connectivity index (χ2n) is 7.50. The van der Waals surface area contributed by atoms with Crippen molar-refractivity contribution < 1.29 is 14.7 Å². The van der Waals surface area contributed by atoms with Gasteiger partial charge in [0.05, 0.1) is 6.10 Å². The fourth-order valence-electron chi connectivity index (χ4n) is 3.73. The number of hydrogen-bond donors (Lipinski definition) is 1. The van der Waals surface area contributed by atoms with Crippen molar-refractivity contribution in [3.05, 3.63) is 40.9 Å². The lowest BCUT2D eigenvalue weighted by Gasteiger charge is -2.36. The van der Waals surface area contributed by atoms with Gasteiger partial charge in [-0.15, -0.1) is 0 Å². The fraction of sp³-hybridized carbons (Fsp3) is 0.524. The van der Waals surface area contributed by atoms with Crippen molar-refractivity contribution in [2.24, 2.45) is 0 Å². The molecule has 1 unspecified atom stereocenters. The molecule has 0 spiro atoms. The predicted molar refractivity (Wildman–Crippen MR) is 110 cm³/mol. The molecule has 1 aromatic carbocycles. The van der Waals surface area contributed by atoms with Crippen LogP contribution in [0.4, 0.5) is 0 Å². The number of halogens is 1. The summed E-state index contributed by atoms with van der Waals surface area (Å²) < 4.78 is 0. The van der Waals surface area contributed by atoms with Crippen LogP contribution in [0.15, 0.2) is 30.3 Å². The maximum atomic E-state index is 12.4. The Morgan fingerprint density at radius 1 is 1.14 bits per heavy atom. The molecule has 152 valence electrons. The van der Waals surface area contributed by atoms with Crippen LogP contribution in [0, 0.1) is 0 Å². The molecule has 0 radical (unpaired) electrons. The highest BCUT2D eigenvalue weighted by Crippen LogP contribution is 2.13. The zero-order valence-corrected chi connectivity index (χ0v) is 16.9. The van der Waals surface area contributed by atoms with Crippen molar-refractivity contribution in [1.29, 1.82) is 0 Å². The average molecular weight is 406 g/mol. The van der Waals surface area contributed by atoms with E-state index in [0.717, 1.165) is 18.7 Å². The van der Waals surface area contributed by atoms with E-state index in [9.17, 15) is 14.7 Å². The van der Waals surface area contributed by atoms with Crippen LogP contribution in [0.25, 0.3) is 6.08 Å². The minimum atomic E-state index is -0.549. The first kappa shape index (κ1) is 20.8. The number of aliphatic hydroxyl groups is 1. The van der Waals surface area contributed by atoms with Crippen molar-refractivity contribution in [2.75, 3.05) is 45.8 Å². The molecule has 6 nitrogen and oxygen atoms in total. The lowest BCUT2D eigenvalue weighted by Crippen LogP contribution is -2.54. The Labute approximate surface area is 171 Å².